The van der Waals surface area contributed by atoms with E-state index in [4.69, 9.17) is 14.5 Å². The molecule has 0 saturated carbocycles. The highest BCUT2D eigenvalue weighted by Gasteiger charge is 2.14. The van der Waals surface area contributed by atoms with Crippen molar-refractivity contribution in [2.45, 2.75) is 13.5 Å². The van der Waals surface area contributed by atoms with Crippen LogP contribution >= 0.6 is 15.9 Å². The quantitative estimate of drug-likeness (QED) is 0.191. The molecule has 0 N–H and O–H groups in total. The molecule has 0 bridgehead atoms. The highest BCUT2D eigenvalue weighted by Crippen LogP contribution is 2.34. The fraction of sp³-hybridized carbons (Fsp3) is 0.100. The van der Waals surface area contributed by atoms with E-state index < -0.39 is 0 Å². The minimum atomic E-state index is -0.300. The van der Waals surface area contributed by atoms with Gasteiger partial charge in [-0.15, -0.1) is 0 Å². The summed E-state index contributed by atoms with van der Waals surface area (Å²) in [4.78, 5) is 18.2. The van der Waals surface area contributed by atoms with E-state index in [1.807, 2.05) is 49.4 Å². The maximum atomic E-state index is 13.4. The molecule has 38 heavy (non-hydrogen) atoms. The Morgan fingerprint density at radius 2 is 1.66 bits per heavy atom. The lowest BCUT2D eigenvalue weighted by Gasteiger charge is -2.14. The van der Waals surface area contributed by atoms with Crippen molar-refractivity contribution < 1.29 is 13.9 Å². The number of para-hydroxylation sites is 1. The maximum Gasteiger partial charge on any atom is 0.282 e. The fourth-order valence-corrected chi connectivity index (χ4v) is 4.32. The van der Waals surface area contributed by atoms with Gasteiger partial charge in [0.2, 0.25) is 0 Å². The number of aromatic nitrogens is 2. The second-order valence-electron chi connectivity index (χ2n) is 8.35. The molecule has 0 fully saturated rings. The summed E-state index contributed by atoms with van der Waals surface area (Å²) >= 11 is 3.58. The molecule has 0 aliphatic rings. The van der Waals surface area contributed by atoms with Gasteiger partial charge in [0.25, 0.3) is 5.56 Å². The van der Waals surface area contributed by atoms with Gasteiger partial charge < -0.3 is 9.47 Å². The molecule has 190 valence electrons. The van der Waals surface area contributed by atoms with E-state index in [1.54, 1.807) is 42.6 Å². The van der Waals surface area contributed by atoms with Crippen LogP contribution in [0.5, 0.6) is 11.5 Å². The van der Waals surface area contributed by atoms with Gasteiger partial charge in [0.15, 0.2) is 17.3 Å². The van der Waals surface area contributed by atoms with Crippen molar-refractivity contribution in [1.29, 1.82) is 0 Å². The lowest BCUT2D eigenvalue weighted by molar-refractivity contribution is 0.269. The molecule has 5 aromatic rings. The van der Waals surface area contributed by atoms with Crippen LogP contribution in [0.15, 0.2) is 105 Å². The molecule has 6 nitrogen and oxygen atoms in total. The predicted molar refractivity (Wildman–Crippen MR) is 150 cm³/mol. The van der Waals surface area contributed by atoms with Crippen LogP contribution in [0.4, 0.5) is 4.39 Å². The van der Waals surface area contributed by atoms with Gasteiger partial charge in [-0.1, -0.05) is 54.6 Å². The zero-order valence-electron chi connectivity index (χ0n) is 20.5. The van der Waals surface area contributed by atoms with Gasteiger partial charge in [0.05, 0.1) is 23.7 Å². The molecule has 0 aliphatic heterocycles. The summed E-state index contributed by atoms with van der Waals surface area (Å²) in [5, 5.41) is 5.03. The Hall–Kier alpha value is -4.30. The van der Waals surface area contributed by atoms with Gasteiger partial charge in [-0.2, -0.15) is 9.78 Å². The zero-order chi connectivity index (χ0) is 26.5. The molecule has 0 aliphatic carbocycles. The molecular weight excluding hydrogens is 549 g/mol. The number of hydrogen-bond acceptors (Lipinski definition) is 5. The molecular formula is C30H23BrFN3O3. The molecule has 0 saturated heterocycles. The third-order valence-electron chi connectivity index (χ3n) is 5.77. The van der Waals surface area contributed by atoms with Crippen LogP contribution in [0.1, 0.15) is 18.1 Å². The molecule has 8 heteroatoms. The Balaban J connectivity index is 1.52. The second-order valence-corrected chi connectivity index (χ2v) is 9.20. The van der Waals surface area contributed by atoms with Crippen LogP contribution < -0.4 is 15.0 Å². The SMILES string of the molecule is CCOc1cc(C=Nn2c(-c3ccccc3)nc3ccccc3c2=O)c(Br)cc1OCc1ccc(F)cc1. The van der Waals surface area contributed by atoms with Crippen LogP contribution in [-0.4, -0.2) is 22.5 Å². The van der Waals surface area contributed by atoms with E-state index in [0.717, 1.165) is 11.1 Å². The first kappa shape index (κ1) is 25.4. The molecule has 0 spiro atoms. The lowest BCUT2D eigenvalue weighted by atomic mass is 10.2. The summed E-state index contributed by atoms with van der Waals surface area (Å²) in [6.45, 7) is 2.56. The predicted octanol–water partition coefficient (Wildman–Crippen LogP) is 6.83. The number of ether oxygens (including phenoxy) is 2. The zero-order valence-corrected chi connectivity index (χ0v) is 22.1. The van der Waals surface area contributed by atoms with Crippen molar-refractivity contribution in [3.8, 4) is 22.9 Å². The Morgan fingerprint density at radius 1 is 0.947 bits per heavy atom. The monoisotopic (exact) mass is 571 g/mol. The second kappa shape index (κ2) is 11.4. The molecule has 4 aromatic carbocycles. The van der Waals surface area contributed by atoms with Gasteiger partial charge in [-0.05, 0) is 64.8 Å². The maximum absolute atomic E-state index is 13.4. The van der Waals surface area contributed by atoms with Crippen LogP contribution in [0.25, 0.3) is 22.3 Å². The first-order valence-electron chi connectivity index (χ1n) is 12.0. The van der Waals surface area contributed by atoms with E-state index in [0.29, 0.717) is 44.9 Å². The standard InChI is InChI=1S/C30H23BrFN3O3/c1-2-37-27-16-22(25(31)17-28(27)38-19-20-12-14-23(32)15-13-20)18-33-35-29(21-8-4-3-5-9-21)34-26-11-7-6-10-24(26)30(35)36/h3-18H,2,19H2,1H3. The number of benzene rings is 4. The summed E-state index contributed by atoms with van der Waals surface area (Å²) in [6, 6.07) is 26.4. The molecule has 1 aromatic heterocycles. The number of fused-ring (bicyclic) bond motifs is 1. The summed E-state index contributed by atoms with van der Waals surface area (Å²) in [5.74, 6) is 1.18. The van der Waals surface area contributed by atoms with E-state index in [1.165, 1.54) is 16.8 Å². The normalized spacial score (nSPS) is 11.2. The highest BCUT2D eigenvalue weighted by molar-refractivity contribution is 9.10. The number of halogens is 2. The Morgan fingerprint density at radius 3 is 2.42 bits per heavy atom. The number of hydrogen-bond donors (Lipinski definition) is 0. The highest BCUT2D eigenvalue weighted by atomic mass is 79.9. The van der Waals surface area contributed by atoms with Crippen molar-refractivity contribution in [2.75, 3.05) is 6.61 Å². The Kier molecular flexibility index (Phi) is 7.60. The van der Waals surface area contributed by atoms with Crippen molar-refractivity contribution in [3.05, 3.63) is 123 Å². The van der Waals surface area contributed by atoms with Crippen LogP contribution in [-0.2, 0) is 6.61 Å². The van der Waals surface area contributed by atoms with E-state index in [-0.39, 0.29) is 18.0 Å². The largest absolute Gasteiger partial charge is 0.490 e. The molecule has 0 amide bonds. The third-order valence-corrected chi connectivity index (χ3v) is 6.46. The number of rotatable bonds is 8. The number of nitrogens with zero attached hydrogens (tertiary/aromatic N) is 3. The Bertz CT molecular complexity index is 1670. The average Bonchev–Trinajstić information content (AvgIpc) is 2.94. The molecule has 0 unspecified atom stereocenters. The summed E-state index contributed by atoms with van der Waals surface area (Å²) in [5.41, 5.74) is 2.61. The van der Waals surface area contributed by atoms with E-state index in [9.17, 15) is 9.18 Å². The fourth-order valence-electron chi connectivity index (χ4n) is 3.90. The first-order valence-corrected chi connectivity index (χ1v) is 12.8. The van der Waals surface area contributed by atoms with Crippen molar-refractivity contribution >= 4 is 33.0 Å². The Labute approximate surface area is 227 Å². The summed E-state index contributed by atoms with van der Waals surface area (Å²) in [6.07, 6.45) is 1.58. The minimum absolute atomic E-state index is 0.249. The molecule has 0 atom stereocenters. The topological polar surface area (TPSA) is 65.7 Å². The summed E-state index contributed by atoms with van der Waals surface area (Å²) in [7, 11) is 0. The minimum Gasteiger partial charge on any atom is -0.490 e. The van der Waals surface area contributed by atoms with Gasteiger partial charge in [-0.3, -0.25) is 4.79 Å². The van der Waals surface area contributed by atoms with Crippen LogP contribution in [0.3, 0.4) is 0 Å². The first-order chi connectivity index (χ1) is 18.5. The van der Waals surface area contributed by atoms with Crippen LogP contribution in [0.2, 0.25) is 0 Å². The van der Waals surface area contributed by atoms with Gasteiger partial charge in [0, 0.05) is 15.6 Å². The van der Waals surface area contributed by atoms with Gasteiger partial charge >= 0.3 is 0 Å². The van der Waals surface area contributed by atoms with E-state index >= 15 is 0 Å². The lowest BCUT2D eigenvalue weighted by Crippen LogP contribution is -2.20. The average molecular weight is 572 g/mol. The van der Waals surface area contributed by atoms with Crippen molar-refractivity contribution in [3.63, 3.8) is 0 Å². The van der Waals surface area contributed by atoms with Gasteiger partial charge in [-0.25, -0.2) is 9.37 Å². The van der Waals surface area contributed by atoms with Crippen molar-refractivity contribution in [2.24, 2.45) is 5.10 Å². The third kappa shape index (κ3) is 5.50. The smallest absolute Gasteiger partial charge is 0.282 e. The van der Waals surface area contributed by atoms with Crippen LogP contribution in [0, 0.1) is 5.82 Å². The molecule has 5 rings (SSSR count). The molecule has 1 heterocycles. The van der Waals surface area contributed by atoms with E-state index in [2.05, 4.69) is 21.0 Å². The summed E-state index contributed by atoms with van der Waals surface area (Å²) < 4.78 is 27.0. The van der Waals surface area contributed by atoms with Crippen molar-refractivity contribution in [1.82, 2.24) is 9.66 Å². The van der Waals surface area contributed by atoms with Gasteiger partial charge in [0.1, 0.15) is 12.4 Å². The molecule has 0 radical (unpaired) electrons.